The van der Waals surface area contributed by atoms with Gasteiger partial charge in [-0.1, -0.05) is 0 Å². The van der Waals surface area contributed by atoms with Crippen LogP contribution in [0.25, 0.3) is 0 Å². The van der Waals surface area contributed by atoms with Crippen LogP contribution in [0.4, 0.5) is 20.6 Å². The van der Waals surface area contributed by atoms with E-state index in [4.69, 9.17) is 9.84 Å². The second-order valence-corrected chi connectivity index (χ2v) is 8.48. The van der Waals surface area contributed by atoms with Crippen LogP contribution in [0, 0.1) is 5.82 Å². The number of carbonyl (C=O) groups excluding carboxylic acids is 1. The molecular formula is C19H20FN3O6S. The van der Waals surface area contributed by atoms with Gasteiger partial charge in [-0.3, -0.25) is 14.4 Å². The Kier molecular flexibility index (Phi) is 6.11. The van der Waals surface area contributed by atoms with Gasteiger partial charge in [0.1, 0.15) is 17.7 Å². The fourth-order valence-electron chi connectivity index (χ4n) is 3.03. The Bertz CT molecular complexity index is 1060. The summed E-state index contributed by atoms with van der Waals surface area (Å²) in [5.74, 6) is -0.542. The number of carbonyl (C=O) groups is 2. The van der Waals surface area contributed by atoms with Gasteiger partial charge in [-0.15, -0.1) is 0 Å². The fourth-order valence-corrected chi connectivity index (χ4v) is 4.53. The maximum Gasteiger partial charge on any atom is 0.409 e. The number of benzene rings is 2. The normalized spacial score (nSPS) is 15.7. The van der Waals surface area contributed by atoms with Crippen molar-refractivity contribution < 1.29 is 32.2 Å². The second-order valence-electron chi connectivity index (χ2n) is 6.61. The highest BCUT2D eigenvalue weighted by molar-refractivity contribution is 7.92. The van der Waals surface area contributed by atoms with Crippen LogP contribution in [-0.4, -0.2) is 44.7 Å². The van der Waals surface area contributed by atoms with Crippen molar-refractivity contribution in [2.45, 2.75) is 24.3 Å². The maximum absolute atomic E-state index is 13.3. The van der Waals surface area contributed by atoms with Crippen LogP contribution in [-0.2, 0) is 14.8 Å². The van der Waals surface area contributed by atoms with Gasteiger partial charge < -0.3 is 15.2 Å². The summed E-state index contributed by atoms with van der Waals surface area (Å²) in [6.45, 7) is 1.60. The maximum atomic E-state index is 13.3. The number of hydrogen-bond donors (Lipinski definition) is 3. The standard InChI is InChI=1S/C19H20FN3O6S/c1-12(24)21-9-8-15-11-23(30(27,28)16-5-2-13(20)3-6-16)17-10-14(22-19(25)26)4-7-18(17)29-15/h2-7,10,15,22H,8-9,11H2,1H3,(H,21,24)(H,25,26). The summed E-state index contributed by atoms with van der Waals surface area (Å²) >= 11 is 0. The Morgan fingerprint density at radius 3 is 2.57 bits per heavy atom. The number of hydrogen-bond acceptors (Lipinski definition) is 5. The van der Waals surface area contributed by atoms with Crippen molar-refractivity contribution in [3.8, 4) is 5.75 Å². The molecule has 0 bridgehead atoms. The summed E-state index contributed by atoms with van der Waals surface area (Å²) in [4.78, 5) is 21.9. The number of nitrogens with one attached hydrogen (secondary N) is 2. The average Bonchev–Trinajstić information content (AvgIpc) is 2.67. The molecule has 1 atom stereocenters. The van der Waals surface area contributed by atoms with Gasteiger partial charge in [0.15, 0.2) is 0 Å². The number of amides is 2. The Hall–Kier alpha value is -3.34. The molecule has 1 aliphatic heterocycles. The summed E-state index contributed by atoms with van der Waals surface area (Å²) in [5, 5.41) is 13.8. The van der Waals surface area contributed by atoms with E-state index in [1.54, 1.807) is 0 Å². The third-order valence-electron chi connectivity index (χ3n) is 4.38. The van der Waals surface area contributed by atoms with Gasteiger partial charge in [-0.2, -0.15) is 0 Å². The number of halogens is 1. The summed E-state index contributed by atoms with van der Waals surface area (Å²) in [5.41, 5.74) is 0.321. The van der Waals surface area contributed by atoms with Crippen LogP contribution in [0.15, 0.2) is 47.4 Å². The molecule has 2 aromatic rings. The minimum absolute atomic E-state index is 0.0666. The van der Waals surface area contributed by atoms with Crippen molar-refractivity contribution >= 4 is 33.4 Å². The van der Waals surface area contributed by atoms with Gasteiger partial charge in [-0.25, -0.2) is 17.6 Å². The van der Waals surface area contributed by atoms with E-state index in [0.717, 1.165) is 28.6 Å². The van der Waals surface area contributed by atoms with Crippen LogP contribution in [0.5, 0.6) is 5.75 Å². The molecular weight excluding hydrogens is 417 g/mol. The van der Waals surface area contributed by atoms with Crippen LogP contribution in [0.3, 0.4) is 0 Å². The monoisotopic (exact) mass is 437 g/mol. The molecule has 11 heteroatoms. The van der Waals surface area contributed by atoms with Crippen molar-refractivity contribution in [1.29, 1.82) is 0 Å². The third-order valence-corrected chi connectivity index (χ3v) is 6.18. The van der Waals surface area contributed by atoms with Crippen LogP contribution in [0.1, 0.15) is 13.3 Å². The van der Waals surface area contributed by atoms with Crippen molar-refractivity contribution in [2.24, 2.45) is 0 Å². The first-order chi connectivity index (χ1) is 14.2. The van der Waals surface area contributed by atoms with E-state index in [9.17, 15) is 22.4 Å². The zero-order chi connectivity index (χ0) is 21.9. The summed E-state index contributed by atoms with van der Waals surface area (Å²) in [6, 6.07) is 8.69. The molecule has 0 aromatic heterocycles. The van der Waals surface area contributed by atoms with E-state index in [0.29, 0.717) is 13.0 Å². The molecule has 160 valence electrons. The molecule has 0 saturated heterocycles. The Morgan fingerprint density at radius 1 is 1.23 bits per heavy atom. The first-order valence-electron chi connectivity index (χ1n) is 9.00. The highest BCUT2D eigenvalue weighted by Crippen LogP contribution is 2.39. The molecule has 9 nitrogen and oxygen atoms in total. The largest absolute Gasteiger partial charge is 0.486 e. The van der Waals surface area contributed by atoms with E-state index in [2.05, 4.69) is 10.6 Å². The minimum Gasteiger partial charge on any atom is -0.486 e. The Morgan fingerprint density at radius 2 is 1.93 bits per heavy atom. The molecule has 1 heterocycles. The van der Waals surface area contributed by atoms with Gasteiger partial charge in [0.2, 0.25) is 5.91 Å². The van der Waals surface area contributed by atoms with Crippen LogP contribution in [0.2, 0.25) is 0 Å². The highest BCUT2D eigenvalue weighted by Gasteiger charge is 2.34. The SMILES string of the molecule is CC(=O)NCCC1CN(S(=O)(=O)c2ccc(F)cc2)c2cc(NC(=O)O)ccc2O1. The molecule has 30 heavy (non-hydrogen) atoms. The number of ether oxygens (including phenoxy) is 1. The Labute approximate surface area is 172 Å². The molecule has 2 amide bonds. The van der Waals surface area contributed by atoms with Gasteiger partial charge in [0.25, 0.3) is 10.0 Å². The van der Waals surface area contributed by atoms with Crippen molar-refractivity contribution in [2.75, 3.05) is 22.7 Å². The van der Waals surface area contributed by atoms with E-state index >= 15 is 0 Å². The lowest BCUT2D eigenvalue weighted by Crippen LogP contribution is -2.44. The zero-order valence-corrected chi connectivity index (χ0v) is 16.8. The van der Waals surface area contributed by atoms with Crippen molar-refractivity contribution in [1.82, 2.24) is 5.32 Å². The minimum atomic E-state index is -4.09. The molecule has 1 unspecified atom stereocenters. The molecule has 3 N–H and O–H groups in total. The molecule has 0 saturated carbocycles. The first-order valence-corrected chi connectivity index (χ1v) is 10.4. The molecule has 0 fully saturated rings. The van der Waals surface area contributed by atoms with Gasteiger partial charge >= 0.3 is 6.09 Å². The zero-order valence-electron chi connectivity index (χ0n) is 16.0. The number of nitrogens with zero attached hydrogens (tertiary/aromatic N) is 1. The topological polar surface area (TPSA) is 125 Å². The molecule has 3 rings (SSSR count). The van der Waals surface area contributed by atoms with E-state index in [-0.39, 0.29) is 34.5 Å². The molecule has 0 radical (unpaired) electrons. The molecule has 2 aromatic carbocycles. The van der Waals surface area contributed by atoms with Gasteiger partial charge in [0, 0.05) is 25.6 Å². The first kappa shape index (κ1) is 21.4. The lowest BCUT2D eigenvalue weighted by molar-refractivity contribution is -0.119. The summed E-state index contributed by atoms with van der Waals surface area (Å²) in [7, 11) is -4.09. The smallest absolute Gasteiger partial charge is 0.409 e. The lowest BCUT2D eigenvalue weighted by atomic mass is 10.1. The number of rotatable bonds is 6. The van der Waals surface area contributed by atoms with Crippen molar-refractivity contribution in [3.05, 3.63) is 48.3 Å². The predicted molar refractivity (Wildman–Crippen MR) is 107 cm³/mol. The third kappa shape index (κ3) is 4.79. The lowest BCUT2D eigenvalue weighted by Gasteiger charge is -2.35. The van der Waals surface area contributed by atoms with Crippen molar-refractivity contribution in [3.63, 3.8) is 0 Å². The summed E-state index contributed by atoms with van der Waals surface area (Å²) in [6.07, 6.45) is -1.51. The van der Waals surface area contributed by atoms with E-state index in [1.807, 2.05) is 0 Å². The number of fused-ring (bicyclic) bond motifs is 1. The van der Waals surface area contributed by atoms with E-state index < -0.39 is 28.0 Å². The summed E-state index contributed by atoms with van der Waals surface area (Å²) < 4.78 is 46.8. The molecule has 1 aliphatic rings. The second kappa shape index (κ2) is 8.57. The van der Waals surface area contributed by atoms with E-state index in [1.165, 1.54) is 25.1 Å². The van der Waals surface area contributed by atoms with Crippen LogP contribution < -0.4 is 19.7 Å². The quantitative estimate of drug-likeness (QED) is 0.637. The van der Waals surface area contributed by atoms with Gasteiger partial charge in [0.05, 0.1) is 17.1 Å². The predicted octanol–water partition coefficient (Wildman–Crippen LogP) is 2.40. The highest BCUT2D eigenvalue weighted by atomic mass is 32.2. The van der Waals surface area contributed by atoms with Crippen LogP contribution >= 0.6 is 0 Å². The molecule has 0 aliphatic carbocycles. The number of anilines is 2. The number of carboxylic acid groups (broad SMARTS) is 1. The average molecular weight is 437 g/mol. The van der Waals surface area contributed by atoms with Gasteiger partial charge in [-0.05, 0) is 42.5 Å². The molecule has 0 spiro atoms. The fraction of sp³-hybridized carbons (Fsp3) is 0.263. The Balaban J connectivity index is 1.98. The number of sulfonamides is 1.